The number of nitrogen functional groups attached to an aromatic ring is 1. The molecule has 8 heteroatoms. The van der Waals surface area contributed by atoms with Gasteiger partial charge in [0.2, 0.25) is 10.0 Å². The third-order valence-electron chi connectivity index (χ3n) is 2.89. The summed E-state index contributed by atoms with van der Waals surface area (Å²) in [6, 6.07) is 2.94. The first-order valence-electron chi connectivity index (χ1n) is 6.09. The normalized spacial score (nSPS) is 17.5. The van der Waals surface area contributed by atoms with Crippen LogP contribution >= 0.6 is 11.8 Å². The molecule has 1 aliphatic heterocycles. The van der Waals surface area contributed by atoms with Crippen LogP contribution in [0.2, 0.25) is 0 Å². The second kappa shape index (κ2) is 6.56. The zero-order chi connectivity index (χ0) is 13.7. The Labute approximate surface area is 117 Å². The van der Waals surface area contributed by atoms with E-state index in [1.54, 1.807) is 0 Å². The molecular formula is C11H18N4O2S2. The molecule has 0 atom stereocenters. The number of aromatic nitrogens is 1. The topological polar surface area (TPSA) is 88.3 Å². The first kappa shape index (κ1) is 14.6. The van der Waals surface area contributed by atoms with Crippen LogP contribution in [-0.2, 0) is 10.0 Å². The summed E-state index contributed by atoms with van der Waals surface area (Å²) in [6.45, 7) is 3.20. The van der Waals surface area contributed by atoms with E-state index in [0.29, 0.717) is 12.4 Å². The van der Waals surface area contributed by atoms with Crippen molar-refractivity contribution in [2.24, 2.45) is 0 Å². The Morgan fingerprint density at radius 2 is 2.11 bits per heavy atom. The second-order valence-corrected chi connectivity index (χ2v) is 7.26. The molecule has 19 heavy (non-hydrogen) atoms. The molecule has 0 bridgehead atoms. The van der Waals surface area contributed by atoms with E-state index >= 15 is 0 Å². The SMILES string of the molecule is Nc1ccc(S(=O)(=O)NCCN2CCSCC2)cn1. The van der Waals surface area contributed by atoms with Gasteiger partial charge in [0.05, 0.1) is 0 Å². The number of hydrogen-bond acceptors (Lipinski definition) is 6. The van der Waals surface area contributed by atoms with Crippen molar-refractivity contribution < 1.29 is 8.42 Å². The van der Waals surface area contributed by atoms with Crippen LogP contribution in [0.4, 0.5) is 5.82 Å². The molecule has 0 amide bonds. The molecule has 2 rings (SSSR count). The maximum atomic E-state index is 12.0. The van der Waals surface area contributed by atoms with E-state index in [2.05, 4.69) is 14.6 Å². The lowest BCUT2D eigenvalue weighted by molar-refractivity contribution is 0.307. The molecule has 0 saturated carbocycles. The van der Waals surface area contributed by atoms with E-state index in [0.717, 1.165) is 31.1 Å². The van der Waals surface area contributed by atoms with Gasteiger partial charge in [-0.3, -0.25) is 0 Å². The van der Waals surface area contributed by atoms with Crippen LogP contribution in [0, 0.1) is 0 Å². The highest BCUT2D eigenvalue weighted by Gasteiger charge is 2.15. The number of hydrogen-bond donors (Lipinski definition) is 2. The predicted molar refractivity (Wildman–Crippen MR) is 77.6 cm³/mol. The lowest BCUT2D eigenvalue weighted by Crippen LogP contribution is -2.39. The third-order valence-corrected chi connectivity index (χ3v) is 5.28. The van der Waals surface area contributed by atoms with Crippen molar-refractivity contribution in [3.63, 3.8) is 0 Å². The molecule has 6 nitrogen and oxygen atoms in total. The van der Waals surface area contributed by atoms with E-state index in [1.807, 2.05) is 11.8 Å². The van der Waals surface area contributed by atoms with E-state index in [1.165, 1.54) is 18.3 Å². The van der Waals surface area contributed by atoms with Gasteiger partial charge in [-0.05, 0) is 12.1 Å². The first-order valence-corrected chi connectivity index (χ1v) is 8.73. The Balaban J connectivity index is 1.85. The zero-order valence-corrected chi connectivity index (χ0v) is 12.2. The molecule has 0 radical (unpaired) electrons. The Hall–Kier alpha value is -0.830. The summed E-state index contributed by atoms with van der Waals surface area (Å²) in [6.07, 6.45) is 1.27. The minimum absolute atomic E-state index is 0.149. The van der Waals surface area contributed by atoms with Crippen molar-refractivity contribution in [3.8, 4) is 0 Å². The molecule has 1 aromatic rings. The minimum Gasteiger partial charge on any atom is -0.384 e. The van der Waals surface area contributed by atoms with Gasteiger partial charge in [0, 0.05) is 43.9 Å². The van der Waals surface area contributed by atoms with Crippen LogP contribution in [-0.4, -0.2) is 56.0 Å². The summed E-state index contributed by atoms with van der Waals surface area (Å²) in [5.74, 6) is 2.55. The summed E-state index contributed by atoms with van der Waals surface area (Å²) in [5, 5.41) is 0. The van der Waals surface area contributed by atoms with Crippen molar-refractivity contribution in [3.05, 3.63) is 18.3 Å². The van der Waals surface area contributed by atoms with Gasteiger partial charge >= 0.3 is 0 Å². The molecule has 2 heterocycles. The summed E-state index contributed by atoms with van der Waals surface area (Å²) < 4.78 is 26.5. The molecule has 0 aromatic carbocycles. The van der Waals surface area contributed by atoms with Gasteiger partial charge in [-0.2, -0.15) is 11.8 Å². The maximum absolute atomic E-state index is 12.0. The second-order valence-electron chi connectivity index (χ2n) is 4.27. The molecule has 1 fully saturated rings. The molecule has 0 aliphatic carbocycles. The largest absolute Gasteiger partial charge is 0.384 e. The lowest BCUT2D eigenvalue weighted by atomic mass is 10.5. The molecule has 3 N–H and O–H groups in total. The van der Waals surface area contributed by atoms with Gasteiger partial charge in [-0.1, -0.05) is 0 Å². The average molecular weight is 302 g/mol. The van der Waals surface area contributed by atoms with Gasteiger partial charge in [-0.25, -0.2) is 18.1 Å². The molecule has 106 valence electrons. The van der Waals surface area contributed by atoms with Gasteiger partial charge < -0.3 is 10.6 Å². The fraction of sp³-hybridized carbons (Fsp3) is 0.545. The highest BCUT2D eigenvalue weighted by atomic mass is 32.2. The predicted octanol–water partition coefficient (Wildman–Crippen LogP) is -0.00910. The fourth-order valence-corrected chi connectivity index (χ4v) is 3.74. The number of pyridine rings is 1. The highest BCUT2D eigenvalue weighted by molar-refractivity contribution is 7.99. The molecular weight excluding hydrogens is 284 g/mol. The van der Waals surface area contributed by atoms with Crippen molar-refractivity contribution in [2.45, 2.75) is 4.90 Å². The lowest BCUT2D eigenvalue weighted by Gasteiger charge is -2.25. The quantitative estimate of drug-likeness (QED) is 0.795. The van der Waals surface area contributed by atoms with E-state index < -0.39 is 10.0 Å². The summed E-state index contributed by atoms with van der Waals surface area (Å²) in [7, 11) is -3.48. The van der Waals surface area contributed by atoms with Crippen LogP contribution in [0.25, 0.3) is 0 Å². The van der Waals surface area contributed by atoms with Crippen molar-refractivity contribution in [1.82, 2.24) is 14.6 Å². The van der Waals surface area contributed by atoms with Crippen LogP contribution in [0.1, 0.15) is 0 Å². The third kappa shape index (κ3) is 4.34. The van der Waals surface area contributed by atoms with Gasteiger partial charge in [0.15, 0.2) is 0 Å². The van der Waals surface area contributed by atoms with E-state index in [-0.39, 0.29) is 4.90 Å². The number of nitrogens with zero attached hydrogens (tertiary/aromatic N) is 2. The summed E-state index contributed by atoms with van der Waals surface area (Å²) in [4.78, 5) is 6.20. The molecule has 0 unspecified atom stereocenters. The molecule has 1 saturated heterocycles. The standard InChI is InChI=1S/C11H18N4O2S2/c12-11-2-1-10(9-13-11)19(16,17)14-3-4-15-5-7-18-8-6-15/h1-2,9,14H,3-8H2,(H2,12,13). The zero-order valence-electron chi connectivity index (χ0n) is 10.6. The smallest absolute Gasteiger partial charge is 0.242 e. The fourth-order valence-electron chi connectivity index (χ4n) is 1.80. The number of thioether (sulfide) groups is 1. The number of sulfonamides is 1. The number of nitrogens with two attached hydrogens (primary N) is 1. The van der Waals surface area contributed by atoms with Crippen LogP contribution < -0.4 is 10.5 Å². The molecule has 1 aromatic heterocycles. The maximum Gasteiger partial charge on any atom is 0.242 e. The van der Waals surface area contributed by atoms with Crippen LogP contribution in [0.5, 0.6) is 0 Å². The number of nitrogens with one attached hydrogen (secondary N) is 1. The number of rotatable bonds is 5. The van der Waals surface area contributed by atoms with Crippen molar-refractivity contribution in [1.29, 1.82) is 0 Å². The molecule has 0 spiro atoms. The molecule has 1 aliphatic rings. The summed E-state index contributed by atoms with van der Waals surface area (Å²) >= 11 is 1.94. The average Bonchev–Trinajstić information content (AvgIpc) is 2.40. The Morgan fingerprint density at radius 3 is 2.74 bits per heavy atom. The van der Waals surface area contributed by atoms with Crippen molar-refractivity contribution in [2.75, 3.05) is 43.4 Å². The van der Waals surface area contributed by atoms with Crippen molar-refractivity contribution >= 4 is 27.6 Å². The Kier molecular flexibility index (Phi) is 5.03. The van der Waals surface area contributed by atoms with Gasteiger partial charge in [0.25, 0.3) is 0 Å². The first-order chi connectivity index (χ1) is 9.08. The minimum atomic E-state index is -3.48. The van der Waals surface area contributed by atoms with Crippen LogP contribution in [0.15, 0.2) is 23.2 Å². The van der Waals surface area contributed by atoms with Crippen LogP contribution in [0.3, 0.4) is 0 Å². The monoisotopic (exact) mass is 302 g/mol. The summed E-state index contributed by atoms with van der Waals surface area (Å²) in [5.41, 5.74) is 5.43. The Morgan fingerprint density at radius 1 is 1.37 bits per heavy atom. The van der Waals surface area contributed by atoms with Gasteiger partial charge in [0.1, 0.15) is 10.7 Å². The van der Waals surface area contributed by atoms with E-state index in [4.69, 9.17) is 5.73 Å². The number of anilines is 1. The van der Waals surface area contributed by atoms with E-state index in [9.17, 15) is 8.42 Å². The Bertz CT molecular complexity index is 498. The highest BCUT2D eigenvalue weighted by Crippen LogP contribution is 2.10. The van der Waals surface area contributed by atoms with Gasteiger partial charge in [-0.15, -0.1) is 0 Å².